The molecule has 0 unspecified atom stereocenters. The Hall–Kier alpha value is -3.44. The maximum absolute atomic E-state index is 12.2. The Balaban J connectivity index is 1.18. The molecule has 0 bridgehead atoms. The van der Waals surface area contributed by atoms with Crippen molar-refractivity contribution in [2.75, 3.05) is 31.7 Å². The van der Waals surface area contributed by atoms with Crippen LogP contribution in [0.5, 0.6) is 0 Å². The molecule has 180 valence electrons. The van der Waals surface area contributed by atoms with Crippen molar-refractivity contribution in [1.29, 1.82) is 0 Å². The molecule has 0 heterocycles. The Kier molecular flexibility index (Phi) is 7.98. The minimum atomic E-state index is -1.08. The second kappa shape index (κ2) is 11.3. The van der Waals surface area contributed by atoms with E-state index in [1.165, 1.54) is 12.1 Å². The average Bonchev–Trinajstić information content (AvgIpc) is 3.17. The molecule has 3 aromatic rings. The summed E-state index contributed by atoms with van der Waals surface area (Å²) >= 11 is 2.00. The molecule has 0 saturated carbocycles. The third-order valence-corrected chi connectivity index (χ3v) is 6.52. The highest BCUT2D eigenvalue weighted by Crippen LogP contribution is 2.44. The molecule has 0 spiro atoms. The quantitative estimate of drug-likeness (QED) is 0.252. The molecular weight excluding hydrogens is 563 g/mol. The van der Waals surface area contributed by atoms with Crippen LogP contribution in [0.3, 0.4) is 0 Å². The maximum atomic E-state index is 12.2. The first-order valence-electron chi connectivity index (χ1n) is 10.9. The average molecular weight is 586 g/mol. The van der Waals surface area contributed by atoms with E-state index in [0.29, 0.717) is 9.26 Å². The van der Waals surface area contributed by atoms with Gasteiger partial charge in [0.15, 0.2) is 0 Å². The van der Waals surface area contributed by atoms with Crippen LogP contribution in [-0.4, -0.2) is 49.4 Å². The van der Waals surface area contributed by atoms with Crippen LogP contribution in [0.1, 0.15) is 27.4 Å². The lowest BCUT2D eigenvalue weighted by molar-refractivity contribution is -0.120. The first-order valence-corrected chi connectivity index (χ1v) is 12.0. The van der Waals surface area contributed by atoms with Crippen molar-refractivity contribution in [2.24, 2.45) is 0 Å². The number of carbonyl (C=O) groups excluding carboxylic acids is 2. The fraction of sp³-hybridized carbons (Fsp3) is 0.192. The first kappa shape index (κ1) is 24.7. The molecule has 2 amide bonds. The zero-order valence-corrected chi connectivity index (χ0v) is 20.8. The summed E-state index contributed by atoms with van der Waals surface area (Å²) in [6, 6.07) is 20.7. The summed E-state index contributed by atoms with van der Waals surface area (Å²) in [5, 5.41) is 14.3. The number of rotatable bonds is 9. The summed E-state index contributed by atoms with van der Waals surface area (Å²) in [7, 11) is 0. The van der Waals surface area contributed by atoms with Gasteiger partial charge in [-0.25, -0.2) is 9.59 Å². The molecule has 4 rings (SSSR count). The van der Waals surface area contributed by atoms with Gasteiger partial charge in [-0.05, 0) is 63.0 Å². The lowest BCUT2D eigenvalue weighted by Crippen LogP contribution is -2.30. The molecule has 0 aliphatic heterocycles. The first-order chi connectivity index (χ1) is 16.9. The molecule has 3 N–H and O–H groups in total. The number of benzene rings is 3. The monoisotopic (exact) mass is 586 g/mol. The zero-order valence-electron chi connectivity index (χ0n) is 18.6. The van der Waals surface area contributed by atoms with Gasteiger partial charge >= 0.3 is 12.1 Å². The van der Waals surface area contributed by atoms with Crippen LogP contribution in [0.4, 0.5) is 10.5 Å². The molecule has 0 aromatic heterocycles. The van der Waals surface area contributed by atoms with Gasteiger partial charge in [0.25, 0.3) is 0 Å². The van der Waals surface area contributed by atoms with Crippen LogP contribution >= 0.6 is 22.6 Å². The van der Waals surface area contributed by atoms with Gasteiger partial charge in [-0.15, -0.1) is 0 Å². The summed E-state index contributed by atoms with van der Waals surface area (Å²) < 4.78 is 11.5. The summed E-state index contributed by atoms with van der Waals surface area (Å²) in [5.74, 6) is -1.52. The van der Waals surface area contributed by atoms with E-state index in [1.54, 1.807) is 6.07 Å². The van der Waals surface area contributed by atoms with E-state index in [4.69, 9.17) is 14.6 Å². The molecule has 0 atom stereocenters. The Morgan fingerprint density at radius 3 is 2.26 bits per heavy atom. The van der Waals surface area contributed by atoms with Crippen molar-refractivity contribution in [3.8, 4) is 11.1 Å². The molecule has 0 fully saturated rings. The van der Waals surface area contributed by atoms with E-state index in [-0.39, 0.29) is 37.8 Å². The van der Waals surface area contributed by atoms with Crippen LogP contribution in [-0.2, 0) is 14.3 Å². The number of aromatic carboxylic acids is 1. The molecule has 0 radical (unpaired) electrons. The van der Waals surface area contributed by atoms with Gasteiger partial charge in [-0.3, -0.25) is 4.79 Å². The van der Waals surface area contributed by atoms with Crippen molar-refractivity contribution in [3.63, 3.8) is 0 Å². The maximum Gasteiger partial charge on any atom is 0.407 e. The van der Waals surface area contributed by atoms with Gasteiger partial charge in [-0.2, -0.15) is 0 Å². The van der Waals surface area contributed by atoms with Crippen LogP contribution in [0, 0.1) is 3.57 Å². The zero-order chi connectivity index (χ0) is 24.8. The van der Waals surface area contributed by atoms with Gasteiger partial charge in [0.05, 0.1) is 17.9 Å². The Morgan fingerprint density at radius 1 is 0.943 bits per heavy atom. The van der Waals surface area contributed by atoms with Crippen molar-refractivity contribution < 1.29 is 29.0 Å². The van der Waals surface area contributed by atoms with Gasteiger partial charge < -0.3 is 25.2 Å². The minimum absolute atomic E-state index is 0.0180. The third kappa shape index (κ3) is 5.98. The lowest BCUT2D eigenvalue weighted by Gasteiger charge is -2.14. The number of anilines is 1. The summed E-state index contributed by atoms with van der Waals surface area (Å²) in [6.45, 7) is 0.275. The fourth-order valence-corrected chi connectivity index (χ4v) is 4.45. The van der Waals surface area contributed by atoms with Crippen molar-refractivity contribution in [2.45, 2.75) is 5.92 Å². The lowest BCUT2D eigenvalue weighted by atomic mass is 9.98. The van der Waals surface area contributed by atoms with E-state index in [9.17, 15) is 14.4 Å². The van der Waals surface area contributed by atoms with Crippen molar-refractivity contribution in [3.05, 3.63) is 87.0 Å². The second-order valence-corrected chi connectivity index (χ2v) is 9.02. The molecular formula is C26H23IN2O6. The fourth-order valence-electron chi connectivity index (χ4n) is 3.98. The van der Waals surface area contributed by atoms with Crippen LogP contribution in [0.25, 0.3) is 11.1 Å². The Labute approximate surface area is 215 Å². The molecule has 35 heavy (non-hydrogen) atoms. The highest BCUT2D eigenvalue weighted by molar-refractivity contribution is 14.1. The normalized spacial score (nSPS) is 11.9. The van der Waals surface area contributed by atoms with E-state index in [2.05, 4.69) is 34.9 Å². The number of ether oxygens (including phenoxy) is 2. The van der Waals surface area contributed by atoms with Gasteiger partial charge in [0.2, 0.25) is 5.91 Å². The Morgan fingerprint density at radius 2 is 1.60 bits per heavy atom. The van der Waals surface area contributed by atoms with E-state index >= 15 is 0 Å². The van der Waals surface area contributed by atoms with Crippen LogP contribution < -0.4 is 10.6 Å². The van der Waals surface area contributed by atoms with Crippen LogP contribution in [0.2, 0.25) is 0 Å². The minimum Gasteiger partial charge on any atom is -0.478 e. The number of fused-ring (bicyclic) bond motifs is 3. The van der Waals surface area contributed by atoms with E-state index < -0.39 is 18.0 Å². The Bertz CT molecular complexity index is 1220. The molecule has 1 aliphatic rings. The van der Waals surface area contributed by atoms with Gasteiger partial charge in [0.1, 0.15) is 13.2 Å². The summed E-state index contributed by atoms with van der Waals surface area (Å²) in [6.07, 6.45) is -0.556. The number of hydrogen-bond donors (Lipinski definition) is 3. The molecule has 1 aliphatic carbocycles. The van der Waals surface area contributed by atoms with Crippen molar-refractivity contribution in [1.82, 2.24) is 5.32 Å². The van der Waals surface area contributed by atoms with E-state index in [0.717, 1.165) is 22.3 Å². The highest BCUT2D eigenvalue weighted by atomic mass is 127. The summed E-state index contributed by atoms with van der Waals surface area (Å²) in [5.41, 5.74) is 5.07. The number of amides is 2. The van der Waals surface area contributed by atoms with Gasteiger partial charge in [-0.1, -0.05) is 48.5 Å². The number of carbonyl (C=O) groups is 3. The van der Waals surface area contributed by atoms with E-state index in [1.807, 2.05) is 46.9 Å². The molecule has 3 aromatic carbocycles. The number of hydrogen-bond acceptors (Lipinski definition) is 5. The number of nitrogens with one attached hydrogen (secondary N) is 2. The number of carboxylic acid groups (broad SMARTS) is 1. The predicted molar refractivity (Wildman–Crippen MR) is 139 cm³/mol. The number of carboxylic acids is 1. The summed E-state index contributed by atoms with van der Waals surface area (Å²) in [4.78, 5) is 35.4. The SMILES string of the molecule is O=C(COCCNC(=O)OCC1c2ccccc2-c2ccccc21)Nc1cc(C(=O)O)ccc1I. The predicted octanol–water partition coefficient (Wildman–Crippen LogP) is 4.48. The molecule has 0 saturated heterocycles. The van der Waals surface area contributed by atoms with Crippen LogP contribution in [0.15, 0.2) is 66.7 Å². The molecule has 8 nitrogen and oxygen atoms in total. The van der Waals surface area contributed by atoms with Gasteiger partial charge in [0, 0.05) is 16.0 Å². The number of alkyl carbamates (subject to hydrolysis) is 1. The number of halogens is 1. The third-order valence-electron chi connectivity index (χ3n) is 5.58. The largest absolute Gasteiger partial charge is 0.478 e. The smallest absolute Gasteiger partial charge is 0.407 e. The molecule has 9 heteroatoms. The second-order valence-electron chi connectivity index (χ2n) is 7.85. The topological polar surface area (TPSA) is 114 Å². The van der Waals surface area contributed by atoms with Crippen molar-refractivity contribution >= 4 is 46.2 Å². The highest BCUT2D eigenvalue weighted by Gasteiger charge is 2.28. The standard InChI is InChI=1S/C26H23IN2O6/c27-22-10-9-16(25(31)32)13-23(22)29-24(30)15-34-12-11-28-26(33)35-14-21-19-7-3-1-5-17(19)18-6-2-4-8-20(18)21/h1-10,13,21H,11-12,14-15H2,(H,28,33)(H,29,30)(H,31,32).